The van der Waals surface area contributed by atoms with Crippen LogP contribution in [0.5, 0.6) is 0 Å². The van der Waals surface area contributed by atoms with Gasteiger partial charge in [0, 0.05) is 18.5 Å². The van der Waals surface area contributed by atoms with Crippen LogP contribution in [0.1, 0.15) is 42.3 Å². The van der Waals surface area contributed by atoms with Crippen LogP contribution in [-0.4, -0.2) is 46.7 Å². The summed E-state index contributed by atoms with van der Waals surface area (Å²) in [6, 6.07) is 11.1. The van der Waals surface area contributed by atoms with Crippen molar-refractivity contribution >= 4 is 21.4 Å². The third kappa shape index (κ3) is 6.94. The zero-order valence-electron chi connectivity index (χ0n) is 23.4. The fourth-order valence-corrected chi connectivity index (χ4v) is 5.42. The van der Waals surface area contributed by atoms with E-state index in [0.29, 0.717) is 12.1 Å². The molecule has 0 aliphatic carbocycles. The van der Waals surface area contributed by atoms with Gasteiger partial charge in [-0.2, -0.15) is 18.4 Å². The van der Waals surface area contributed by atoms with Crippen LogP contribution in [0, 0.1) is 23.0 Å². The first-order chi connectivity index (χ1) is 20.6. The molecule has 8 nitrogen and oxygen atoms in total. The second kappa shape index (κ2) is 12.5. The summed E-state index contributed by atoms with van der Waals surface area (Å²) in [5.74, 6) is -3.80. The van der Waals surface area contributed by atoms with E-state index in [0.717, 1.165) is 27.6 Å². The number of pyridine rings is 1. The maximum atomic E-state index is 14.1. The van der Waals surface area contributed by atoms with Crippen molar-refractivity contribution in [2.24, 2.45) is 0 Å². The second-order valence-corrected chi connectivity index (χ2v) is 12.4. The third-order valence-electron chi connectivity index (χ3n) is 7.08. The SMILES string of the molecule is CCS(=O)(=O)CCN(C(=O)Cc1ccc(F)c(C(F)(F)F)c1)[C@@H](C)c1nc2ccc(F)cn2c(=O)c1-c1ccc(C#N)cc1. The minimum atomic E-state index is -5.02. The minimum absolute atomic E-state index is 0.00338. The van der Waals surface area contributed by atoms with Crippen LogP contribution in [-0.2, 0) is 27.2 Å². The summed E-state index contributed by atoms with van der Waals surface area (Å²) >= 11 is 0. The molecule has 44 heavy (non-hydrogen) atoms. The fourth-order valence-electron chi connectivity index (χ4n) is 4.65. The van der Waals surface area contributed by atoms with E-state index in [-0.39, 0.29) is 39.3 Å². The number of alkyl halides is 3. The summed E-state index contributed by atoms with van der Waals surface area (Å²) in [5.41, 5.74) is -1.96. The zero-order chi connectivity index (χ0) is 32.4. The topological polar surface area (TPSA) is 113 Å². The Morgan fingerprint density at radius 1 is 1.09 bits per heavy atom. The van der Waals surface area contributed by atoms with Gasteiger partial charge in [-0.15, -0.1) is 0 Å². The number of hydrogen-bond acceptors (Lipinski definition) is 6. The molecular weight excluding hydrogens is 607 g/mol. The van der Waals surface area contributed by atoms with Crippen molar-refractivity contribution in [3.63, 3.8) is 0 Å². The molecule has 1 amide bonds. The lowest BCUT2D eigenvalue weighted by Crippen LogP contribution is -2.39. The fraction of sp³-hybridized carbons (Fsp3) is 0.267. The van der Waals surface area contributed by atoms with Crippen molar-refractivity contribution in [1.29, 1.82) is 5.26 Å². The highest BCUT2D eigenvalue weighted by Crippen LogP contribution is 2.33. The Labute approximate surface area is 248 Å². The first-order valence-electron chi connectivity index (χ1n) is 13.2. The van der Waals surface area contributed by atoms with Crippen LogP contribution < -0.4 is 5.56 Å². The first kappa shape index (κ1) is 32.3. The number of halogens is 5. The van der Waals surface area contributed by atoms with Crippen molar-refractivity contribution in [2.45, 2.75) is 32.5 Å². The van der Waals surface area contributed by atoms with Crippen molar-refractivity contribution in [1.82, 2.24) is 14.3 Å². The number of fused-ring (bicyclic) bond motifs is 1. The number of aromatic nitrogens is 2. The molecule has 0 aliphatic heterocycles. The normalized spacial score (nSPS) is 12.6. The van der Waals surface area contributed by atoms with Gasteiger partial charge >= 0.3 is 6.18 Å². The maximum Gasteiger partial charge on any atom is 0.419 e. The Balaban J connectivity index is 1.86. The number of amides is 1. The molecule has 2 heterocycles. The van der Waals surface area contributed by atoms with Crippen molar-refractivity contribution < 1.29 is 35.2 Å². The summed E-state index contributed by atoms with van der Waals surface area (Å²) in [5, 5.41) is 9.20. The highest BCUT2D eigenvalue weighted by Gasteiger charge is 2.35. The molecule has 4 rings (SSSR count). The van der Waals surface area contributed by atoms with E-state index in [1.165, 1.54) is 44.2 Å². The van der Waals surface area contributed by atoms with Gasteiger partial charge in [-0.1, -0.05) is 25.1 Å². The van der Waals surface area contributed by atoms with E-state index < -0.39 is 69.4 Å². The number of carbonyl (C=O) groups is 1. The average molecular weight is 633 g/mol. The molecule has 14 heteroatoms. The molecule has 0 aliphatic rings. The van der Waals surface area contributed by atoms with Gasteiger partial charge in [-0.25, -0.2) is 22.2 Å². The van der Waals surface area contributed by atoms with Gasteiger partial charge in [0.25, 0.3) is 5.56 Å². The molecule has 0 bridgehead atoms. The number of carbonyl (C=O) groups excluding carboxylic acids is 1. The molecule has 4 aromatic rings. The quantitative estimate of drug-likeness (QED) is 0.238. The average Bonchev–Trinajstić information content (AvgIpc) is 2.97. The Bertz CT molecular complexity index is 1930. The molecule has 0 N–H and O–H groups in total. The minimum Gasteiger partial charge on any atom is -0.333 e. The van der Waals surface area contributed by atoms with Crippen LogP contribution in [0.4, 0.5) is 22.0 Å². The lowest BCUT2D eigenvalue weighted by Gasteiger charge is -2.30. The Morgan fingerprint density at radius 3 is 2.39 bits per heavy atom. The Kier molecular flexibility index (Phi) is 9.19. The number of sulfone groups is 1. The van der Waals surface area contributed by atoms with Crippen molar-refractivity contribution in [2.75, 3.05) is 18.1 Å². The summed E-state index contributed by atoms with van der Waals surface area (Å²) in [6.07, 6.45) is -4.74. The third-order valence-corrected chi connectivity index (χ3v) is 8.76. The van der Waals surface area contributed by atoms with Gasteiger partial charge in [0.15, 0.2) is 9.84 Å². The summed E-state index contributed by atoms with van der Waals surface area (Å²) in [7, 11) is -3.64. The molecule has 0 radical (unpaired) electrons. The van der Waals surface area contributed by atoms with E-state index in [2.05, 4.69) is 4.98 Å². The van der Waals surface area contributed by atoms with E-state index in [1.54, 1.807) is 0 Å². The lowest BCUT2D eigenvalue weighted by atomic mass is 9.99. The highest BCUT2D eigenvalue weighted by molar-refractivity contribution is 7.91. The lowest BCUT2D eigenvalue weighted by molar-refractivity contribution is -0.140. The molecule has 230 valence electrons. The summed E-state index contributed by atoms with van der Waals surface area (Å²) in [6.45, 7) is 2.48. The summed E-state index contributed by atoms with van der Waals surface area (Å²) in [4.78, 5) is 33.0. The van der Waals surface area contributed by atoms with Crippen molar-refractivity contribution in [3.8, 4) is 17.2 Å². The molecule has 0 spiro atoms. The van der Waals surface area contributed by atoms with Gasteiger partial charge in [0.2, 0.25) is 5.91 Å². The molecule has 2 aromatic heterocycles. The van der Waals surface area contributed by atoms with Gasteiger partial charge in [-0.3, -0.25) is 14.0 Å². The Morgan fingerprint density at radius 2 is 1.77 bits per heavy atom. The highest BCUT2D eigenvalue weighted by atomic mass is 32.2. The van der Waals surface area contributed by atoms with E-state index >= 15 is 0 Å². The van der Waals surface area contributed by atoms with Gasteiger partial charge in [-0.05, 0) is 54.4 Å². The molecule has 0 saturated heterocycles. The van der Waals surface area contributed by atoms with Crippen LogP contribution in [0.2, 0.25) is 0 Å². The predicted molar refractivity (Wildman–Crippen MR) is 151 cm³/mol. The van der Waals surface area contributed by atoms with Crippen LogP contribution in [0.3, 0.4) is 0 Å². The predicted octanol–water partition coefficient (Wildman–Crippen LogP) is 5.10. The maximum absolute atomic E-state index is 14.1. The van der Waals surface area contributed by atoms with E-state index in [9.17, 15) is 45.2 Å². The molecule has 0 unspecified atom stereocenters. The molecule has 2 aromatic carbocycles. The number of hydrogen-bond donors (Lipinski definition) is 0. The largest absolute Gasteiger partial charge is 0.419 e. The number of benzene rings is 2. The standard InChI is InChI=1S/C30H25F5N4O4S/c1-3-44(42,43)13-12-38(26(40)15-20-6-10-24(32)23(14-20)30(33,34)35)18(2)28-27(21-7-4-19(16-36)5-8-21)29(41)39-17-22(31)9-11-25(39)37-28/h4-11,14,17-18H,3,12-13,15H2,1-2H3/t18-/m0/s1. The number of nitrogens with zero attached hydrogens (tertiary/aromatic N) is 4. The summed E-state index contributed by atoms with van der Waals surface area (Å²) < 4.78 is 93.7. The van der Waals surface area contributed by atoms with Crippen LogP contribution in [0.15, 0.2) is 65.6 Å². The monoisotopic (exact) mass is 632 g/mol. The smallest absolute Gasteiger partial charge is 0.333 e. The molecule has 0 saturated carbocycles. The van der Waals surface area contributed by atoms with Gasteiger partial charge in [0.05, 0.1) is 46.7 Å². The van der Waals surface area contributed by atoms with E-state index in [1.807, 2.05) is 6.07 Å². The van der Waals surface area contributed by atoms with Gasteiger partial charge in [0.1, 0.15) is 17.3 Å². The van der Waals surface area contributed by atoms with Crippen LogP contribution >= 0.6 is 0 Å². The number of rotatable bonds is 9. The number of nitriles is 1. The molecular formula is C30H25F5N4O4S. The van der Waals surface area contributed by atoms with E-state index in [4.69, 9.17) is 0 Å². The van der Waals surface area contributed by atoms with Crippen LogP contribution in [0.25, 0.3) is 16.8 Å². The van der Waals surface area contributed by atoms with Crippen molar-refractivity contribution in [3.05, 3.63) is 105 Å². The van der Waals surface area contributed by atoms with Gasteiger partial charge < -0.3 is 4.90 Å². The molecule has 1 atom stereocenters. The second-order valence-electron chi connectivity index (χ2n) is 9.93. The first-order valence-corrected chi connectivity index (χ1v) is 15.0. The molecule has 0 fully saturated rings. The zero-order valence-corrected chi connectivity index (χ0v) is 24.2. The Hall–Kier alpha value is -4.64.